The monoisotopic (exact) mass is 297 g/mol. The molecule has 16 heavy (non-hydrogen) atoms. The summed E-state index contributed by atoms with van der Waals surface area (Å²) in [7, 11) is 0. The molecule has 0 radical (unpaired) electrons. The Hall–Kier alpha value is -0.370. The molecule has 3 heterocycles. The van der Waals surface area contributed by atoms with Gasteiger partial charge in [-0.05, 0) is 41.3 Å². The maximum Gasteiger partial charge on any atom is 0.0907 e. The van der Waals surface area contributed by atoms with E-state index in [1.807, 2.05) is 0 Å². The minimum Gasteiger partial charge on any atom is -0.373 e. The minimum absolute atomic E-state index is 0.170. The van der Waals surface area contributed by atoms with Gasteiger partial charge in [0.15, 0.2) is 0 Å². The molecule has 2 aliphatic rings. The first-order chi connectivity index (χ1) is 7.72. The number of nitriles is 1. The number of fused-ring (bicyclic) bond motifs is 2. The third-order valence-corrected chi connectivity index (χ3v) is 5.35. The van der Waals surface area contributed by atoms with Crippen molar-refractivity contribution in [2.75, 3.05) is 0 Å². The van der Waals surface area contributed by atoms with Gasteiger partial charge in [0.25, 0.3) is 0 Å². The van der Waals surface area contributed by atoms with E-state index < -0.39 is 0 Å². The van der Waals surface area contributed by atoms with E-state index in [0.717, 1.165) is 30.2 Å². The maximum absolute atomic E-state index is 9.47. The Morgan fingerprint density at radius 1 is 1.62 bits per heavy atom. The van der Waals surface area contributed by atoms with Gasteiger partial charge in [-0.1, -0.05) is 0 Å². The van der Waals surface area contributed by atoms with Crippen LogP contribution in [0, 0.1) is 16.7 Å². The lowest BCUT2D eigenvalue weighted by Crippen LogP contribution is -2.32. The summed E-state index contributed by atoms with van der Waals surface area (Å²) in [6.07, 6.45) is 4.48. The highest BCUT2D eigenvalue weighted by atomic mass is 79.9. The van der Waals surface area contributed by atoms with Crippen LogP contribution in [0.1, 0.15) is 24.1 Å². The van der Waals surface area contributed by atoms with Gasteiger partial charge in [0.05, 0.1) is 23.7 Å². The number of halogens is 1. The molecular weight excluding hydrogens is 286 g/mol. The first-order valence-electron chi connectivity index (χ1n) is 5.51. The van der Waals surface area contributed by atoms with Gasteiger partial charge in [-0.2, -0.15) is 5.26 Å². The van der Waals surface area contributed by atoms with Crippen LogP contribution in [0.5, 0.6) is 0 Å². The Labute approximate surface area is 107 Å². The number of rotatable bonds is 2. The molecule has 0 spiro atoms. The summed E-state index contributed by atoms with van der Waals surface area (Å²) in [4.78, 5) is 1.28. The quantitative estimate of drug-likeness (QED) is 0.837. The van der Waals surface area contributed by atoms with Crippen LogP contribution in [0.3, 0.4) is 0 Å². The molecule has 1 aromatic rings. The van der Waals surface area contributed by atoms with Crippen molar-refractivity contribution in [1.82, 2.24) is 0 Å². The van der Waals surface area contributed by atoms with E-state index in [9.17, 15) is 5.26 Å². The largest absolute Gasteiger partial charge is 0.373 e. The molecule has 4 heteroatoms. The van der Waals surface area contributed by atoms with E-state index in [2.05, 4.69) is 33.4 Å². The van der Waals surface area contributed by atoms with Crippen LogP contribution in [0.2, 0.25) is 0 Å². The van der Waals surface area contributed by atoms with Crippen LogP contribution in [0.25, 0.3) is 0 Å². The highest BCUT2D eigenvalue weighted by Crippen LogP contribution is 2.49. The minimum atomic E-state index is -0.257. The first-order valence-corrected chi connectivity index (χ1v) is 7.19. The molecule has 2 bridgehead atoms. The van der Waals surface area contributed by atoms with Crippen LogP contribution in [0.15, 0.2) is 15.9 Å². The molecule has 84 valence electrons. The van der Waals surface area contributed by atoms with Crippen molar-refractivity contribution in [3.05, 3.63) is 20.8 Å². The van der Waals surface area contributed by atoms with Gasteiger partial charge in [0.2, 0.25) is 0 Å². The van der Waals surface area contributed by atoms with Gasteiger partial charge >= 0.3 is 0 Å². The molecule has 0 saturated carbocycles. The standard InChI is InChI=1S/C12H12BrNOS/c13-8-3-10(16-6-8)5-12(7-14)4-9-1-2-11(12)15-9/h3,6,9,11H,1-2,4-5H2. The Kier molecular flexibility index (Phi) is 2.58. The van der Waals surface area contributed by atoms with Crippen LogP contribution >= 0.6 is 27.3 Å². The normalized spacial score (nSPS) is 36.5. The lowest BCUT2D eigenvalue weighted by molar-refractivity contribution is 0.0789. The SMILES string of the molecule is N#CC1(Cc2cc(Br)cs2)CC2CCC1O2. The van der Waals surface area contributed by atoms with E-state index in [1.54, 1.807) is 11.3 Å². The lowest BCUT2D eigenvalue weighted by Gasteiger charge is -2.27. The third kappa shape index (κ3) is 1.62. The maximum atomic E-state index is 9.47. The molecule has 0 aromatic carbocycles. The number of hydrogen-bond donors (Lipinski definition) is 0. The van der Waals surface area contributed by atoms with Crippen LogP contribution < -0.4 is 0 Å². The summed E-state index contributed by atoms with van der Waals surface area (Å²) >= 11 is 5.18. The Bertz CT molecular complexity index is 452. The van der Waals surface area contributed by atoms with Crippen molar-refractivity contribution in [3.63, 3.8) is 0 Å². The summed E-state index contributed by atoms with van der Waals surface area (Å²) in [5, 5.41) is 11.5. The van der Waals surface area contributed by atoms with Crippen LogP contribution in [0.4, 0.5) is 0 Å². The fraction of sp³-hybridized carbons (Fsp3) is 0.583. The zero-order valence-electron chi connectivity index (χ0n) is 8.78. The lowest BCUT2D eigenvalue weighted by atomic mass is 9.72. The predicted octanol–water partition coefficient (Wildman–Crippen LogP) is 3.51. The molecule has 0 amide bonds. The average molecular weight is 298 g/mol. The highest BCUT2D eigenvalue weighted by molar-refractivity contribution is 9.10. The fourth-order valence-corrected chi connectivity index (χ4v) is 4.48. The first kappa shape index (κ1) is 10.8. The number of thiophene rings is 1. The zero-order valence-corrected chi connectivity index (χ0v) is 11.2. The molecule has 2 nitrogen and oxygen atoms in total. The van der Waals surface area contributed by atoms with E-state index >= 15 is 0 Å². The molecule has 1 aromatic heterocycles. The second-order valence-electron chi connectivity index (χ2n) is 4.70. The molecular formula is C12H12BrNOS. The van der Waals surface area contributed by atoms with Gasteiger partial charge in [-0.15, -0.1) is 11.3 Å². The van der Waals surface area contributed by atoms with Crippen molar-refractivity contribution < 1.29 is 4.74 Å². The average Bonchev–Trinajstić information content (AvgIpc) is 2.94. The fourth-order valence-electron chi connectivity index (χ4n) is 2.90. The zero-order chi connectivity index (χ0) is 11.2. The van der Waals surface area contributed by atoms with Crippen LogP contribution in [-0.2, 0) is 11.2 Å². The molecule has 2 fully saturated rings. The summed E-state index contributed by atoms with van der Waals surface area (Å²) < 4.78 is 6.94. The van der Waals surface area contributed by atoms with Crippen molar-refractivity contribution in [2.45, 2.75) is 37.9 Å². The van der Waals surface area contributed by atoms with Gasteiger partial charge in [-0.3, -0.25) is 0 Å². The third-order valence-electron chi connectivity index (χ3n) is 3.65. The molecule has 3 unspecified atom stereocenters. The van der Waals surface area contributed by atoms with Crippen LogP contribution in [-0.4, -0.2) is 12.2 Å². The molecule has 2 saturated heterocycles. The van der Waals surface area contributed by atoms with Gasteiger partial charge in [0, 0.05) is 21.2 Å². The summed E-state index contributed by atoms with van der Waals surface area (Å²) in [6.45, 7) is 0. The second-order valence-corrected chi connectivity index (χ2v) is 6.62. The number of ether oxygens (including phenoxy) is 1. The molecule has 3 rings (SSSR count). The van der Waals surface area contributed by atoms with E-state index in [1.165, 1.54) is 4.88 Å². The van der Waals surface area contributed by atoms with Gasteiger partial charge < -0.3 is 4.74 Å². The van der Waals surface area contributed by atoms with Gasteiger partial charge in [-0.25, -0.2) is 0 Å². The van der Waals surface area contributed by atoms with E-state index in [-0.39, 0.29) is 11.5 Å². The Morgan fingerprint density at radius 3 is 3.00 bits per heavy atom. The molecule has 0 aliphatic carbocycles. The Balaban J connectivity index is 1.85. The number of nitrogens with zero attached hydrogens (tertiary/aromatic N) is 1. The molecule has 0 N–H and O–H groups in total. The molecule has 2 aliphatic heterocycles. The van der Waals surface area contributed by atoms with Crippen molar-refractivity contribution in [2.24, 2.45) is 5.41 Å². The van der Waals surface area contributed by atoms with Gasteiger partial charge in [0.1, 0.15) is 0 Å². The smallest absolute Gasteiger partial charge is 0.0907 e. The molecule has 3 atom stereocenters. The number of hydrogen-bond acceptors (Lipinski definition) is 3. The van der Waals surface area contributed by atoms with Crippen molar-refractivity contribution in [3.8, 4) is 6.07 Å². The van der Waals surface area contributed by atoms with Crippen molar-refractivity contribution >= 4 is 27.3 Å². The van der Waals surface area contributed by atoms with E-state index in [4.69, 9.17) is 4.74 Å². The van der Waals surface area contributed by atoms with Crippen molar-refractivity contribution in [1.29, 1.82) is 5.26 Å². The summed E-state index contributed by atoms with van der Waals surface area (Å²) in [6, 6.07) is 4.65. The second kappa shape index (κ2) is 3.83. The summed E-state index contributed by atoms with van der Waals surface area (Å²) in [5.41, 5.74) is -0.257. The topological polar surface area (TPSA) is 33.0 Å². The summed E-state index contributed by atoms with van der Waals surface area (Å²) in [5.74, 6) is 0. The van der Waals surface area contributed by atoms with E-state index in [0.29, 0.717) is 6.10 Å². The highest BCUT2D eigenvalue weighted by Gasteiger charge is 2.52. The predicted molar refractivity (Wildman–Crippen MR) is 66.3 cm³/mol. The Morgan fingerprint density at radius 2 is 2.50 bits per heavy atom.